The predicted molar refractivity (Wildman–Crippen MR) is 75.2 cm³/mol. The molecular weight excluding hydrogens is 210 g/mol. The fraction of sp³-hybridized carbons (Fsp3) is 1.00. The lowest BCUT2D eigenvalue weighted by molar-refractivity contribution is 0.189. The smallest absolute Gasteiger partial charge is 0.00186 e. The summed E-state index contributed by atoms with van der Waals surface area (Å²) in [5.41, 5.74) is 5.75. The van der Waals surface area contributed by atoms with E-state index < -0.39 is 0 Å². The first kappa shape index (κ1) is 14.9. The van der Waals surface area contributed by atoms with Gasteiger partial charge in [-0.25, -0.2) is 0 Å². The highest BCUT2D eigenvalue weighted by Crippen LogP contribution is 2.19. The summed E-state index contributed by atoms with van der Waals surface area (Å²) < 4.78 is 0. The molecule has 0 saturated carbocycles. The van der Waals surface area contributed by atoms with E-state index >= 15 is 0 Å². The van der Waals surface area contributed by atoms with Crippen molar-refractivity contribution >= 4 is 0 Å². The molecule has 17 heavy (non-hydrogen) atoms. The Bertz CT molecular complexity index is 184. The highest BCUT2D eigenvalue weighted by Gasteiger charge is 2.17. The zero-order valence-corrected chi connectivity index (χ0v) is 12.0. The van der Waals surface area contributed by atoms with Gasteiger partial charge in [-0.3, -0.25) is 0 Å². The SMILES string of the molecule is CCC(CN)CN(C)CCC1CCN(C)CC1. The summed E-state index contributed by atoms with van der Waals surface area (Å²) in [6, 6.07) is 0. The highest BCUT2D eigenvalue weighted by molar-refractivity contribution is 4.72. The predicted octanol–water partition coefficient (Wildman–Crippen LogP) is 1.64. The molecule has 1 rings (SSSR count). The van der Waals surface area contributed by atoms with Crippen molar-refractivity contribution in [1.29, 1.82) is 0 Å². The Balaban J connectivity index is 2.12. The molecule has 2 N–H and O–H groups in total. The molecule has 1 atom stereocenters. The molecule has 0 amide bonds. The summed E-state index contributed by atoms with van der Waals surface area (Å²) in [5.74, 6) is 1.63. The van der Waals surface area contributed by atoms with Crippen LogP contribution in [0.2, 0.25) is 0 Å². The Morgan fingerprint density at radius 3 is 2.53 bits per heavy atom. The lowest BCUT2D eigenvalue weighted by Crippen LogP contribution is -2.34. The zero-order valence-electron chi connectivity index (χ0n) is 12.0. The third-order valence-corrected chi connectivity index (χ3v) is 4.24. The third-order valence-electron chi connectivity index (χ3n) is 4.24. The Hall–Kier alpha value is -0.120. The summed E-state index contributed by atoms with van der Waals surface area (Å²) in [7, 11) is 4.47. The van der Waals surface area contributed by atoms with E-state index in [1.165, 1.54) is 51.9 Å². The molecule has 0 aromatic carbocycles. The van der Waals surface area contributed by atoms with Gasteiger partial charge in [0.2, 0.25) is 0 Å². The molecule has 102 valence electrons. The monoisotopic (exact) mass is 241 g/mol. The van der Waals surface area contributed by atoms with Crippen LogP contribution in [0.4, 0.5) is 0 Å². The number of likely N-dealkylation sites (tertiary alicyclic amines) is 1. The average molecular weight is 241 g/mol. The van der Waals surface area contributed by atoms with Gasteiger partial charge in [0.15, 0.2) is 0 Å². The third kappa shape index (κ3) is 5.84. The van der Waals surface area contributed by atoms with Crippen molar-refractivity contribution in [3.63, 3.8) is 0 Å². The van der Waals surface area contributed by atoms with E-state index in [4.69, 9.17) is 5.73 Å². The first-order valence-corrected chi connectivity index (χ1v) is 7.22. The molecule has 1 unspecified atom stereocenters. The summed E-state index contributed by atoms with van der Waals surface area (Å²) in [5, 5.41) is 0. The number of nitrogens with two attached hydrogens (primary N) is 1. The van der Waals surface area contributed by atoms with Gasteiger partial charge >= 0.3 is 0 Å². The van der Waals surface area contributed by atoms with E-state index in [1.807, 2.05) is 0 Å². The molecule has 0 radical (unpaired) electrons. The van der Waals surface area contributed by atoms with Crippen LogP contribution in [0.5, 0.6) is 0 Å². The summed E-state index contributed by atoms with van der Waals surface area (Å²) >= 11 is 0. The van der Waals surface area contributed by atoms with Crippen molar-refractivity contribution in [2.24, 2.45) is 17.6 Å². The molecule has 3 heteroatoms. The zero-order chi connectivity index (χ0) is 12.7. The quantitative estimate of drug-likeness (QED) is 0.735. The maximum Gasteiger partial charge on any atom is 0.00186 e. The van der Waals surface area contributed by atoms with Gasteiger partial charge in [-0.05, 0) is 71.4 Å². The van der Waals surface area contributed by atoms with E-state index in [2.05, 4.69) is 30.8 Å². The lowest BCUT2D eigenvalue weighted by atomic mass is 9.93. The summed E-state index contributed by atoms with van der Waals surface area (Å²) in [6.07, 6.45) is 5.34. The first-order chi connectivity index (χ1) is 8.15. The normalized spacial score (nSPS) is 21.0. The molecule has 3 nitrogen and oxygen atoms in total. The number of piperidine rings is 1. The van der Waals surface area contributed by atoms with Crippen LogP contribution in [0.1, 0.15) is 32.6 Å². The van der Waals surface area contributed by atoms with Crippen molar-refractivity contribution in [2.75, 3.05) is 46.8 Å². The Labute approximate surface area is 107 Å². The number of hydrogen-bond acceptors (Lipinski definition) is 3. The van der Waals surface area contributed by atoms with Gasteiger partial charge in [0.25, 0.3) is 0 Å². The van der Waals surface area contributed by atoms with Gasteiger partial charge in [-0.15, -0.1) is 0 Å². The van der Waals surface area contributed by atoms with Gasteiger partial charge in [-0.1, -0.05) is 13.3 Å². The van der Waals surface area contributed by atoms with Crippen LogP contribution >= 0.6 is 0 Å². The minimum atomic E-state index is 0.678. The van der Waals surface area contributed by atoms with Crippen LogP contribution in [-0.2, 0) is 0 Å². The van der Waals surface area contributed by atoms with Crippen molar-refractivity contribution in [3.8, 4) is 0 Å². The minimum Gasteiger partial charge on any atom is -0.330 e. The molecule has 0 spiro atoms. The second-order valence-electron chi connectivity index (χ2n) is 5.81. The van der Waals surface area contributed by atoms with Gasteiger partial charge in [0.1, 0.15) is 0 Å². The maximum absolute atomic E-state index is 5.75. The second-order valence-corrected chi connectivity index (χ2v) is 5.81. The highest BCUT2D eigenvalue weighted by atomic mass is 15.1. The molecule has 0 aromatic rings. The lowest BCUT2D eigenvalue weighted by Gasteiger charge is -2.30. The maximum atomic E-state index is 5.75. The summed E-state index contributed by atoms with van der Waals surface area (Å²) in [4.78, 5) is 4.92. The average Bonchev–Trinajstić information content (AvgIpc) is 2.35. The van der Waals surface area contributed by atoms with Crippen LogP contribution in [0, 0.1) is 11.8 Å². The molecule has 1 fully saturated rings. The molecule has 0 bridgehead atoms. The van der Waals surface area contributed by atoms with Gasteiger partial charge in [0.05, 0.1) is 0 Å². The molecule has 1 saturated heterocycles. The van der Waals surface area contributed by atoms with E-state index in [-0.39, 0.29) is 0 Å². The minimum absolute atomic E-state index is 0.678. The van der Waals surface area contributed by atoms with Crippen LogP contribution < -0.4 is 5.73 Å². The van der Waals surface area contributed by atoms with E-state index in [0.717, 1.165) is 12.5 Å². The largest absolute Gasteiger partial charge is 0.330 e. The van der Waals surface area contributed by atoms with Gasteiger partial charge in [0, 0.05) is 6.54 Å². The van der Waals surface area contributed by atoms with Gasteiger partial charge in [-0.2, -0.15) is 0 Å². The van der Waals surface area contributed by atoms with E-state index in [9.17, 15) is 0 Å². The van der Waals surface area contributed by atoms with Crippen LogP contribution in [0.3, 0.4) is 0 Å². The van der Waals surface area contributed by atoms with E-state index in [0.29, 0.717) is 5.92 Å². The Morgan fingerprint density at radius 2 is 2.00 bits per heavy atom. The number of hydrogen-bond donors (Lipinski definition) is 1. The standard InChI is InChI=1S/C14H31N3/c1-4-13(11-15)12-17(3)10-7-14-5-8-16(2)9-6-14/h13-14H,4-12,15H2,1-3H3. The Kier molecular flexibility index (Phi) is 7.09. The molecule has 0 aromatic heterocycles. The Morgan fingerprint density at radius 1 is 1.35 bits per heavy atom. The molecular formula is C14H31N3. The van der Waals surface area contributed by atoms with Gasteiger partial charge < -0.3 is 15.5 Å². The van der Waals surface area contributed by atoms with Crippen LogP contribution in [0.25, 0.3) is 0 Å². The fourth-order valence-corrected chi connectivity index (χ4v) is 2.66. The molecule has 1 aliphatic rings. The van der Waals surface area contributed by atoms with Crippen molar-refractivity contribution < 1.29 is 0 Å². The number of nitrogens with zero attached hydrogens (tertiary/aromatic N) is 2. The molecule has 1 heterocycles. The number of rotatable bonds is 7. The van der Waals surface area contributed by atoms with Crippen molar-refractivity contribution in [2.45, 2.75) is 32.6 Å². The van der Waals surface area contributed by atoms with Crippen LogP contribution in [0.15, 0.2) is 0 Å². The topological polar surface area (TPSA) is 32.5 Å². The van der Waals surface area contributed by atoms with E-state index in [1.54, 1.807) is 0 Å². The van der Waals surface area contributed by atoms with Crippen molar-refractivity contribution in [1.82, 2.24) is 9.80 Å². The van der Waals surface area contributed by atoms with Crippen LogP contribution in [-0.4, -0.2) is 56.6 Å². The van der Waals surface area contributed by atoms with Crippen molar-refractivity contribution in [3.05, 3.63) is 0 Å². The first-order valence-electron chi connectivity index (χ1n) is 7.22. The molecule has 0 aliphatic carbocycles. The second kappa shape index (κ2) is 8.06. The summed E-state index contributed by atoms with van der Waals surface area (Å²) in [6.45, 7) is 8.05. The molecule has 1 aliphatic heterocycles. The fourth-order valence-electron chi connectivity index (χ4n) is 2.66.